The average molecular weight is 348 g/mol. The largest absolute Gasteiger partial charge is 0.416 e. The molecule has 24 heavy (non-hydrogen) atoms. The molecule has 5 nitrogen and oxygen atoms in total. The fraction of sp³-hybridized carbons (Fsp3) is 0.562. The number of rotatable bonds is 7. The maximum absolute atomic E-state index is 12.8. The lowest BCUT2D eigenvalue weighted by Gasteiger charge is -2.23. The third-order valence-corrected chi connectivity index (χ3v) is 3.76. The van der Waals surface area contributed by atoms with E-state index in [4.69, 9.17) is 9.84 Å². The Labute approximate surface area is 139 Å². The van der Waals surface area contributed by atoms with Crippen molar-refractivity contribution in [1.29, 1.82) is 0 Å². The Balaban J connectivity index is 2.86. The highest BCUT2D eigenvalue weighted by atomic mass is 19.4. The van der Waals surface area contributed by atoms with Gasteiger partial charge in [0.1, 0.15) is 0 Å². The van der Waals surface area contributed by atoms with Gasteiger partial charge in [-0.25, -0.2) is 4.79 Å². The molecule has 0 bridgehead atoms. The summed E-state index contributed by atoms with van der Waals surface area (Å²) >= 11 is 0. The van der Waals surface area contributed by atoms with E-state index < -0.39 is 23.8 Å². The van der Waals surface area contributed by atoms with Gasteiger partial charge < -0.3 is 20.5 Å². The van der Waals surface area contributed by atoms with Gasteiger partial charge in [0.2, 0.25) is 0 Å². The number of ether oxygens (including phenoxy) is 1. The van der Waals surface area contributed by atoms with Crippen LogP contribution in [0.5, 0.6) is 0 Å². The molecule has 136 valence electrons. The summed E-state index contributed by atoms with van der Waals surface area (Å²) in [6.45, 7) is 3.44. The number of hydrogen-bond acceptors (Lipinski definition) is 3. The van der Waals surface area contributed by atoms with E-state index in [-0.39, 0.29) is 25.2 Å². The zero-order valence-corrected chi connectivity index (χ0v) is 13.9. The summed E-state index contributed by atoms with van der Waals surface area (Å²) < 4.78 is 43.5. The summed E-state index contributed by atoms with van der Waals surface area (Å²) in [4.78, 5) is 12.0. The lowest BCUT2D eigenvalue weighted by Crippen LogP contribution is -2.46. The molecule has 1 rings (SSSR count). The number of nitrogens with one attached hydrogen (secondary N) is 2. The predicted octanol–water partition coefficient (Wildman–Crippen LogP) is 2.71. The molecule has 0 heterocycles. The van der Waals surface area contributed by atoms with E-state index >= 15 is 0 Å². The number of halogens is 3. The number of hydrogen-bond donors (Lipinski definition) is 3. The van der Waals surface area contributed by atoms with Crippen LogP contribution in [0.4, 0.5) is 18.0 Å². The molecule has 1 aromatic rings. The van der Waals surface area contributed by atoms with Crippen molar-refractivity contribution >= 4 is 6.03 Å². The monoisotopic (exact) mass is 348 g/mol. The third-order valence-electron chi connectivity index (χ3n) is 3.76. The predicted molar refractivity (Wildman–Crippen MR) is 83.4 cm³/mol. The Hall–Kier alpha value is -1.80. The topological polar surface area (TPSA) is 70.6 Å². The van der Waals surface area contributed by atoms with Crippen molar-refractivity contribution in [2.24, 2.45) is 5.92 Å². The van der Waals surface area contributed by atoms with Gasteiger partial charge in [-0.2, -0.15) is 13.2 Å². The molecule has 0 fully saturated rings. The Morgan fingerprint density at radius 1 is 1.29 bits per heavy atom. The normalized spacial score (nSPS) is 15.5. The fourth-order valence-corrected chi connectivity index (χ4v) is 2.03. The summed E-state index contributed by atoms with van der Waals surface area (Å²) in [6, 6.07) is 3.19. The van der Waals surface area contributed by atoms with E-state index in [9.17, 15) is 18.0 Å². The van der Waals surface area contributed by atoms with E-state index in [0.717, 1.165) is 12.1 Å². The maximum atomic E-state index is 12.8. The highest BCUT2D eigenvalue weighted by molar-refractivity contribution is 5.74. The zero-order valence-electron chi connectivity index (χ0n) is 13.9. The van der Waals surface area contributed by atoms with Crippen LogP contribution in [0.3, 0.4) is 0 Å². The summed E-state index contributed by atoms with van der Waals surface area (Å²) in [5, 5.41) is 14.3. The molecule has 0 aliphatic rings. The van der Waals surface area contributed by atoms with E-state index in [1.807, 2.05) is 0 Å². The number of amides is 2. The van der Waals surface area contributed by atoms with E-state index in [1.165, 1.54) is 19.2 Å². The van der Waals surface area contributed by atoms with Crippen LogP contribution in [0, 0.1) is 5.92 Å². The van der Waals surface area contributed by atoms with Gasteiger partial charge in [-0.05, 0) is 30.5 Å². The van der Waals surface area contributed by atoms with Crippen LogP contribution in [-0.4, -0.2) is 37.5 Å². The first-order valence-electron chi connectivity index (χ1n) is 7.53. The van der Waals surface area contributed by atoms with Crippen LogP contribution in [0.15, 0.2) is 24.3 Å². The van der Waals surface area contributed by atoms with Crippen LogP contribution >= 0.6 is 0 Å². The molecule has 0 aliphatic heterocycles. The number of alkyl halides is 3. The van der Waals surface area contributed by atoms with Gasteiger partial charge >= 0.3 is 12.2 Å². The van der Waals surface area contributed by atoms with Gasteiger partial charge in [0.15, 0.2) is 0 Å². The van der Waals surface area contributed by atoms with Crippen LogP contribution in [0.1, 0.15) is 31.0 Å². The summed E-state index contributed by atoms with van der Waals surface area (Å²) in [6.07, 6.45) is -4.46. The molecular weight excluding hydrogens is 325 g/mol. The Kier molecular flexibility index (Phi) is 7.50. The molecule has 1 aromatic carbocycles. The van der Waals surface area contributed by atoms with Gasteiger partial charge in [-0.3, -0.25) is 0 Å². The molecule has 0 spiro atoms. The van der Waals surface area contributed by atoms with Gasteiger partial charge in [0.25, 0.3) is 0 Å². The minimum Gasteiger partial charge on any atom is -0.396 e. The van der Waals surface area contributed by atoms with Crippen molar-refractivity contribution in [2.45, 2.75) is 32.1 Å². The minimum atomic E-state index is -4.46. The summed E-state index contributed by atoms with van der Waals surface area (Å²) in [5.74, 6) is -0.148. The van der Waals surface area contributed by atoms with Crippen LogP contribution < -0.4 is 10.6 Å². The number of carbonyl (C=O) groups excluding carboxylic acids is 1. The van der Waals surface area contributed by atoms with Crippen molar-refractivity contribution < 1.29 is 27.8 Å². The van der Waals surface area contributed by atoms with Crippen molar-refractivity contribution in [2.75, 3.05) is 20.3 Å². The number of aliphatic hydroxyl groups excluding tert-OH is 1. The highest BCUT2D eigenvalue weighted by Gasteiger charge is 2.31. The van der Waals surface area contributed by atoms with Gasteiger partial charge in [0.05, 0.1) is 18.2 Å². The number of benzene rings is 1. The van der Waals surface area contributed by atoms with E-state index in [0.29, 0.717) is 5.56 Å². The quantitative estimate of drug-likeness (QED) is 0.710. The highest BCUT2D eigenvalue weighted by Crippen LogP contribution is 2.30. The van der Waals surface area contributed by atoms with Gasteiger partial charge in [0, 0.05) is 19.8 Å². The standard InChI is InChI=1S/C16H23F3N2O3/c1-10(8-22)11(2)20-15(23)21-14(9-24-3)12-5-4-6-13(7-12)16(17,18)19/h4-7,10-11,14,22H,8-9H2,1-3H3,(H2,20,21,23). The second-order valence-corrected chi connectivity index (χ2v) is 5.70. The molecule has 0 aromatic heterocycles. The smallest absolute Gasteiger partial charge is 0.396 e. The second kappa shape index (κ2) is 8.89. The fourth-order valence-electron chi connectivity index (χ4n) is 2.03. The molecule has 3 unspecified atom stereocenters. The first-order valence-corrected chi connectivity index (χ1v) is 7.53. The zero-order chi connectivity index (χ0) is 18.3. The molecule has 2 amide bonds. The molecular formula is C16H23F3N2O3. The molecule has 0 radical (unpaired) electrons. The second-order valence-electron chi connectivity index (χ2n) is 5.70. The van der Waals surface area contributed by atoms with Crippen LogP contribution in [0.25, 0.3) is 0 Å². The van der Waals surface area contributed by atoms with Crippen LogP contribution in [0.2, 0.25) is 0 Å². The molecule has 0 saturated carbocycles. The number of aliphatic hydroxyl groups is 1. The summed E-state index contributed by atoms with van der Waals surface area (Å²) in [7, 11) is 1.40. The molecule has 3 atom stereocenters. The lowest BCUT2D eigenvalue weighted by atomic mass is 10.0. The average Bonchev–Trinajstić information content (AvgIpc) is 2.52. The first-order chi connectivity index (χ1) is 11.2. The SMILES string of the molecule is COCC(NC(=O)NC(C)C(C)CO)c1cccc(C(F)(F)F)c1. The number of methoxy groups -OCH3 is 1. The Morgan fingerprint density at radius 2 is 1.96 bits per heavy atom. The maximum Gasteiger partial charge on any atom is 0.416 e. The minimum absolute atomic E-state index is 0.0265. The lowest BCUT2D eigenvalue weighted by molar-refractivity contribution is -0.137. The molecule has 3 N–H and O–H groups in total. The third kappa shape index (κ3) is 6.01. The van der Waals surface area contributed by atoms with Crippen molar-refractivity contribution in [1.82, 2.24) is 10.6 Å². The van der Waals surface area contributed by atoms with Gasteiger partial charge in [-0.1, -0.05) is 19.1 Å². The van der Waals surface area contributed by atoms with Crippen molar-refractivity contribution in [3.05, 3.63) is 35.4 Å². The van der Waals surface area contributed by atoms with E-state index in [2.05, 4.69) is 10.6 Å². The molecule has 0 aliphatic carbocycles. The molecule has 0 saturated heterocycles. The van der Waals surface area contributed by atoms with Crippen molar-refractivity contribution in [3.63, 3.8) is 0 Å². The Bertz CT molecular complexity index is 538. The van der Waals surface area contributed by atoms with Crippen molar-refractivity contribution in [3.8, 4) is 0 Å². The summed E-state index contributed by atoms with van der Waals surface area (Å²) in [5.41, 5.74) is -0.490. The first kappa shape index (κ1) is 20.2. The van der Waals surface area contributed by atoms with Crippen LogP contribution in [-0.2, 0) is 10.9 Å². The van der Waals surface area contributed by atoms with Gasteiger partial charge in [-0.15, -0.1) is 0 Å². The molecule has 8 heteroatoms. The van der Waals surface area contributed by atoms with E-state index in [1.54, 1.807) is 13.8 Å². The number of carbonyl (C=O) groups is 1. The Morgan fingerprint density at radius 3 is 2.50 bits per heavy atom. The number of urea groups is 1.